The molecule has 2 rings (SSSR count). The summed E-state index contributed by atoms with van der Waals surface area (Å²) in [7, 11) is 1.56. The van der Waals surface area contributed by atoms with Crippen LogP contribution in [0.4, 0.5) is 4.79 Å². The Kier molecular flexibility index (Phi) is 4.52. The molecule has 0 aromatic rings. The number of methoxy groups -OCH3 is 1. The van der Waals surface area contributed by atoms with Crippen LogP contribution in [0.5, 0.6) is 0 Å². The Balaban J connectivity index is 2.15. The Labute approximate surface area is 119 Å². The van der Waals surface area contributed by atoms with Crippen molar-refractivity contribution in [2.45, 2.75) is 63.8 Å². The number of nitrogens with zero attached hydrogens (tertiary/aromatic N) is 2. The van der Waals surface area contributed by atoms with Gasteiger partial charge in [-0.15, -0.1) is 0 Å². The number of carboxylic acid groups (broad SMARTS) is 1. The highest BCUT2D eigenvalue weighted by Crippen LogP contribution is 2.28. The van der Waals surface area contributed by atoms with Crippen LogP contribution in [0.1, 0.15) is 39.5 Å². The lowest BCUT2D eigenvalue weighted by molar-refractivity contribution is -0.141. The van der Waals surface area contributed by atoms with E-state index < -0.39 is 12.0 Å². The first-order chi connectivity index (χ1) is 9.45. The van der Waals surface area contributed by atoms with Gasteiger partial charge in [0, 0.05) is 32.2 Å². The van der Waals surface area contributed by atoms with E-state index in [1.165, 1.54) is 4.90 Å². The molecule has 20 heavy (non-hydrogen) atoms. The summed E-state index contributed by atoms with van der Waals surface area (Å²) in [4.78, 5) is 27.4. The normalized spacial score (nSPS) is 34.4. The van der Waals surface area contributed by atoms with Gasteiger partial charge in [-0.25, -0.2) is 9.59 Å². The van der Waals surface area contributed by atoms with E-state index in [-0.39, 0.29) is 24.2 Å². The van der Waals surface area contributed by atoms with Crippen LogP contribution in [0.25, 0.3) is 0 Å². The zero-order valence-electron chi connectivity index (χ0n) is 12.4. The minimum atomic E-state index is -0.949. The number of hydrogen-bond acceptors (Lipinski definition) is 3. The van der Waals surface area contributed by atoms with Crippen LogP contribution in [0.15, 0.2) is 0 Å². The van der Waals surface area contributed by atoms with Gasteiger partial charge in [0.25, 0.3) is 0 Å². The third-order valence-electron chi connectivity index (χ3n) is 4.54. The van der Waals surface area contributed by atoms with E-state index in [4.69, 9.17) is 4.74 Å². The van der Waals surface area contributed by atoms with Gasteiger partial charge in [0.1, 0.15) is 6.04 Å². The van der Waals surface area contributed by atoms with Crippen molar-refractivity contribution < 1.29 is 19.4 Å². The van der Waals surface area contributed by atoms with Crippen LogP contribution in [0.2, 0.25) is 0 Å². The fraction of sp³-hybridized carbons (Fsp3) is 0.857. The Morgan fingerprint density at radius 1 is 1.20 bits per heavy atom. The smallest absolute Gasteiger partial charge is 0.326 e. The van der Waals surface area contributed by atoms with Crippen molar-refractivity contribution >= 4 is 12.0 Å². The monoisotopic (exact) mass is 284 g/mol. The second kappa shape index (κ2) is 5.99. The summed E-state index contributed by atoms with van der Waals surface area (Å²) >= 11 is 0. The van der Waals surface area contributed by atoms with Crippen molar-refractivity contribution in [3.8, 4) is 0 Å². The molecule has 0 aromatic carbocycles. The second-order valence-electron chi connectivity index (χ2n) is 5.92. The number of hydrogen-bond donors (Lipinski definition) is 1. The van der Waals surface area contributed by atoms with Crippen molar-refractivity contribution in [1.29, 1.82) is 0 Å². The third-order valence-corrected chi connectivity index (χ3v) is 4.54. The Morgan fingerprint density at radius 3 is 2.30 bits per heavy atom. The molecule has 4 atom stereocenters. The van der Waals surface area contributed by atoms with E-state index in [2.05, 4.69) is 0 Å². The number of carbonyl (C=O) groups excluding carboxylic acids is 1. The number of likely N-dealkylation sites (tertiary alicyclic amines) is 2. The van der Waals surface area contributed by atoms with E-state index in [1.807, 2.05) is 18.7 Å². The quantitative estimate of drug-likeness (QED) is 0.835. The van der Waals surface area contributed by atoms with Crippen LogP contribution >= 0.6 is 0 Å². The van der Waals surface area contributed by atoms with Gasteiger partial charge in [0.2, 0.25) is 0 Å². The van der Waals surface area contributed by atoms with Gasteiger partial charge in [-0.05, 0) is 33.1 Å². The molecule has 114 valence electrons. The molecular formula is C14H24N2O4. The summed E-state index contributed by atoms with van der Waals surface area (Å²) in [5.74, 6) is -0.949. The molecule has 0 bridgehead atoms. The number of rotatable bonds is 2. The van der Waals surface area contributed by atoms with Gasteiger partial charge < -0.3 is 19.6 Å². The van der Waals surface area contributed by atoms with Crippen LogP contribution in [0, 0.1) is 0 Å². The van der Waals surface area contributed by atoms with E-state index in [9.17, 15) is 14.7 Å². The standard InChI is InChI=1S/C14H24N2O4/c1-9-5-4-6-10(2)16(9)14(19)15-8-11(20-3)7-12(15)13(17)18/h9-12H,4-8H2,1-3H3,(H,17,18)/t9-,10+,11?,12?. The zero-order valence-corrected chi connectivity index (χ0v) is 12.4. The summed E-state index contributed by atoms with van der Waals surface area (Å²) in [5.41, 5.74) is 0. The van der Waals surface area contributed by atoms with Gasteiger partial charge in [0.05, 0.1) is 6.10 Å². The minimum absolute atomic E-state index is 0.156. The van der Waals surface area contributed by atoms with Crippen molar-refractivity contribution in [3.05, 3.63) is 0 Å². The molecule has 2 amide bonds. The molecule has 2 fully saturated rings. The maximum Gasteiger partial charge on any atom is 0.326 e. The first-order valence-corrected chi connectivity index (χ1v) is 7.30. The highest BCUT2D eigenvalue weighted by molar-refractivity contribution is 5.84. The summed E-state index contributed by atoms with van der Waals surface area (Å²) in [6.45, 7) is 4.43. The first kappa shape index (κ1) is 15.1. The third kappa shape index (κ3) is 2.75. The van der Waals surface area contributed by atoms with Crippen LogP contribution in [-0.4, -0.2) is 64.8 Å². The Bertz CT molecular complexity index is 377. The molecule has 1 N–H and O–H groups in total. The highest BCUT2D eigenvalue weighted by atomic mass is 16.5. The number of aliphatic carboxylic acids is 1. The van der Waals surface area contributed by atoms with E-state index >= 15 is 0 Å². The summed E-state index contributed by atoms with van der Waals surface area (Å²) in [6, 6.07) is -0.588. The molecule has 0 spiro atoms. The molecule has 2 aliphatic heterocycles. The van der Waals surface area contributed by atoms with Gasteiger partial charge in [0.15, 0.2) is 0 Å². The van der Waals surface area contributed by atoms with Crippen molar-refractivity contribution in [1.82, 2.24) is 9.80 Å². The average molecular weight is 284 g/mol. The van der Waals surface area contributed by atoms with Crippen LogP contribution < -0.4 is 0 Å². The summed E-state index contributed by atoms with van der Waals surface area (Å²) < 4.78 is 5.24. The van der Waals surface area contributed by atoms with Crippen molar-refractivity contribution in [3.63, 3.8) is 0 Å². The largest absolute Gasteiger partial charge is 0.480 e. The Hall–Kier alpha value is -1.30. The molecule has 2 aliphatic rings. The maximum atomic E-state index is 12.7. The topological polar surface area (TPSA) is 70.1 Å². The summed E-state index contributed by atoms with van der Waals surface area (Å²) in [5, 5.41) is 9.31. The molecule has 0 saturated carbocycles. The number of ether oxygens (including phenoxy) is 1. The molecular weight excluding hydrogens is 260 g/mol. The molecule has 2 heterocycles. The molecule has 0 aromatic heterocycles. The second-order valence-corrected chi connectivity index (χ2v) is 5.92. The predicted molar refractivity (Wildman–Crippen MR) is 73.6 cm³/mol. The number of piperidine rings is 1. The lowest BCUT2D eigenvalue weighted by atomic mass is 9.98. The van der Waals surface area contributed by atoms with Gasteiger partial charge in [-0.3, -0.25) is 0 Å². The molecule has 2 unspecified atom stereocenters. The van der Waals surface area contributed by atoms with E-state index in [1.54, 1.807) is 7.11 Å². The highest BCUT2D eigenvalue weighted by Gasteiger charge is 2.43. The van der Waals surface area contributed by atoms with Gasteiger partial charge in [-0.1, -0.05) is 0 Å². The molecule has 2 saturated heterocycles. The SMILES string of the molecule is COC1CC(C(=O)O)N(C(=O)N2[C@H](C)CCC[C@@H]2C)C1. The Morgan fingerprint density at radius 2 is 1.80 bits per heavy atom. The zero-order chi connectivity index (χ0) is 14.9. The van der Waals surface area contributed by atoms with Gasteiger partial charge >= 0.3 is 12.0 Å². The number of amides is 2. The molecule has 6 heteroatoms. The molecule has 0 radical (unpaired) electrons. The fourth-order valence-corrected chi connectivity index (χ4v) is 3.36. The number of urea groups is 1. The number of carboxylic acids is 1. The molecule has 6 nitrogen and oxygen atoms in total. The first-order valence-electron chi connectivity index (χ1n) is 7.30. The van der Waals surface area contributed by atoms with E-state index in [0.29, 0.717) is 13.0 Å². The van der Waals surface area contributed by atoms with E-state index in [0.717, 1.165) is 19.3 Å². The average Bonchev–Trinajstić information content (AvgIpc) is 2.82. The summed E-state index contributed by atoms with van der Waals surface area (Å²) in [6.07, 6.45) is 3.27. The predicted octanol–water partition coefficient (Wildman–Crippen LogP) is 1.54. The fourth-order valence-electron chi connectivity index (χ4n) is 3.36. The lowest BCUT2D eigenvalue weighted by Crippen LogP contribution is -2.55. The van der Waals surface area contributed by atoms with Crippen LogP contribution in [0.3, 0.4) is 0 Å². The number of carbonyl (C=O) groups is 2. The van der Waals surface area contributed by atoms with Crippen molar-refractivity contribution in [2.75, 3.05) is 13.7 Å². The maximum absolute atomic E-state index is 12.7. The lowest BCUT2D eigenvalue weighted by Gasteiger charge is -2.41. The van der Waals surface area contributed by atoms with Crippen molar-refractivity contribution in [2.24, 2.45) is 0 Å². The van der Waals surface area contributed by atoms with Crippen LogP contribution in [-0.2, 0) is 9.53 Å². The van der Waals surface area contributed by atoms with Gasteiger partial charge in [-0.2, -0.15) is 0 Å². The minimum Gasteiger partial charge on any atom is -0.480 e. The molecule has 0 aliphatic carbocycles.